The van der Waals surface area contributed by atoms with Crippen molar-refractivity contribution in [2.24, 2.45) is 0 Å². The zero-order valence-electron chi connectivity index (χ0n) is 31.6. The summed E-state index contributed by atoms with van der Waals surface area (Å²) in [6, 6.07) is 76.0. The van der Waals surface area contributed by atoms with Gasteiger partial charge in [-0.05, 0) is 80.6 Å². The van der Waals surface area contributed by atoms with Gasteiger partial charge in [0.25, 0.3) is 0 Å². The second-order valence-electron chi connectivity index (χ2n) is 14.3. The van der Waals surface area contributed by atoms with E-state index in [1.807, 2.05) is 66.7 Å². The van der Waals surface area contributed by atoms with E-state index < -0.39 is 0 Å². The highest BCUT2D eigenvalue weighted by Crippen LogP contribution is 2.36. The molecule has 10 rings (SSSR count). The number of rotatable bonds is 8. The van der Waals surface area contributed by atoms with Crippen LogP contribution in [0.5, 0.6) is 0 Å². The quantitative estimate of drug-likeness (QED) is 0.156. The molecule has 4 nitrogen and oxygen atoms in total. The zero-order chi connectivity index (χ0) is 38.7. The Morgan fingerprint density at radius 1 is 0.190 bits per heavy atom. The number of benzene rings is 8. The molecule has 0 saturated heterocycles. The minimum Gasteiger partial charge on any atom is -0.248 e. The fourth-order valence-corrected chi connectivity index (χ4v) is 7.46. The van der Waals surface area contributed by atoms with E-state index in [0.717, 1.165) is 72.6 Å². The molecular weight excluding hydrogens is 705 g/mol. The van der Waals surface area contributed by atoms with Crippen LogP contribution in [0.4, 0.5) is 0 Å². The molecule has 272 valence electrons. The average molecular weight is 741 g/mol. The van der Waals surface area contributed by atoms with Gasteiger partial charge in [-0.2, -0.15) is 0 Å². The number of hydrogen-bond donors (Lipinski definition) is 0. The standard InChI is InChI=1S/C54H36N4/c1-5-15-37(16-6-1)46-32-47(34-49(33-46)54-57-52(42-20-9-3-10-21-42)56-53(58-54)43-22-11-4-12-23-43)40-25-28-41(29-26-40)50-35-48(38-17-7-2-8-18-38)36-51(55-50)45-30-27-39-19-13-14-24-44(39)31-45/h1-36H. The Kier molecular flexibility index (Phi) is 9.18. The lowest BCUT2D eigenvalue weighted by molar-refractivity contribution is 1.07. The molecule has 0 bridgehead atoms. The smallest absolute Gasteiger partial charge is 0.164 e. The molecule has 0 aliphatic rings. The molecular formula is C54H36N4. The average Bonchev–Trinajstić information content (AvgIpc) is 3.32. The van der Waals surface area contributed by atoms with Crippen molar-refractivity contribution < 1.29 is 0 Å². The Labute approximate surface area is 337 Å². The molecule has 0 spiro atoms. The number of aromatic nitrogens is 4. The summed E-state index contributed by atoms with van der Waals surface area (Å²) in [4.78, 5) is 20.3. The highest BCUT2D eigenvalue weighted by Gasteiger charge is 2.16. The van der Waals surface area contributed by atoms with Crippen molar-refractivity contribution in [2.75, 3.05) is 0 Å². The van der Waals surface area contributed by atoms with E-state index in [1.165, 1.54) is 10.8 Å². The van der Waals surface area contributed by atoms with E-state index >= 15 is 0 Å². The van der Waals surface area contributed by atoms with Crippen molar-refractivity contribution in [2.45, 2.75) is 0 Å². The zero-order valence-corrected chi connectivity index (χ0v) is 31.6. The minimum absolute atomic E-state index is 0.617. The van der Waals surface area contributed by atoms with E-state index in [-0.39, 0.29) is 0 Å². The Bertz CT molecular complexity index is 2960. The summed E-state index contributed by atoms with van der Waals surface area (Å²) < 4.78 is 0. The molecule has 8 aromatic carbocycles. The first-order valence-corrected chi connectivity index (χ1v) is 19.5. The van der Waals surface area contributed by atoms with Crippen LogP contribution in [-0.2, 0) is 0 Å². The highest BCUT2D eigenvalue weighted by molar-refractivity contribution is 5.88. The van der Waals surface area contributed by atoms with Crippen LogP contribution < -0.4 is 0 Å². The molecule has 58 heavy (non-hydrogen) atoms. The van der Waals surface area contributed by atoms with Gasteiger partial charge in [0.05, 0.1) is 11.4 Å². The van der Waals surface area contributed by atoms with Crippen LogP contribution in [0.1, 0.15) is 0 Å². The van der Waals surface area contributed by atoms with E-state index in [4.69, 9.17) is 19.9 Å². The summed E-state index contributed by atoms with van der Waals surface area (Å²) >= 11 is 0. The number of nitrogens with zero attached hydrogens (tertiary/aromatic N) is 4. The van der Waals surface area contributed by atoms with Gasteiger partial charge in [0.15, 0.2) is 17.5 Å². The van der Waals surface area contributed by atoms with E-state index in [2.05, 4.69) is 152 Å². The molecule has 0 atom stereocenters. The van der Waals surface area contributed by atoms with Gasteiger partial charge in [0.2, 0.25) is 0 Å². The summed E-state index contributed by atoms with van der Waals surface area (Å²) in [6.07, 6.45) is 0. The first-order valence-electron chi connectivity index (χ1n) is 19.5. The highest BCUT2D eigenvalue weighted by atomic mass is 15.0. The van der Waals surface area contributed by atoms with Gasteiger partial charge in [-0.25, -0.2) is 19.9 Å². The Hall–Kier alpha value is -7.82. The molecule has 0 N–H and O–H groups in total. The Balaban J connectivity index is 1.08. The fourth-order valence-electron chi connectivity index (χ4n) is 7.46. The second kappa shape index (κ2) is 15.4. The third-order valence-corrected chi connectivity index (χ3v) is 10.5. The van der Waals surface area contributed by atoms with Crippen molar-refractivity contribution in [1.82, 2.24) is 19.9 Å². The molecule has 0 saturated carbocycles. The largest absolute Gasteiger partial charge is 0.248 e. The molecule has 2 aromatic heterocycles. The molecule has 0 aliphatic heterocycles. The van der Waals surface area contributed by atoms with Gasteiger partial charge >= 0.3 is 0 Å². The topological polar surface area (TPSA) is 51.6 Å². The van der Waals surface area contributed by atoms with Gasteiger partial charge in [0.1, 0.15) is 0 Å². The summed E-state index contributed by atoms with van der Waals surface area (Å²) in [7, 11) is 0. The van der Waals surface area contributed by atoms with Crippen LogP contribution in [0.2, 0.25) is 0 Å². The molecule has 0 radical (unpaired) electrons. The van der Waals surface area contributed by atoms with Crippen LogP contribution in [0.25, 0.3) is 101 Å². The van der Waals surface area contributed by atoms with Crippen molar-refractivity contribution in [3.05, 3.63) is 218 Å². The third-order valence-electron chi connectivity index (χ3n) is 10.5. The summed E-state index contributed by atoms with van der Waals surface area (Å²) in [5, 5.41) is 2.41. The lowest BCUT2D eigenvalue weighted by Gasteiger charge is -2.13. The summed E-state index contributed by atoms with van der Waals surface area (Å²) in [6.45, 7) is 0. The first kappa shape index (κ1) is 34.7. The fraction of sp³-hybridized carbons (Fsp3) is 0. The lowest BCUT2D eigenvalue weighted by atomic mass is 9.94. The number of fused-ring (bicyclic) bond motifs is 1. The maximum Gasteiger partial charge on any atom is 0.164 e. The van der Waals surface area contributed by atoms with Crippen LogP contribution in [-0.4, -0.2) is 19.9 Å². The molecule has 10 aromatic rings. The van der Waals surface area contributed by atoms with Gasteiger partial charge in [0, 0.05) is 27.8 Å². The van der Waals surface area contributed by atoms with E-state index in [1.54, 1.807) is 0 Å². The molecule has 0 fully saturated rings. The maximum atomic E-state index is 5.26. The van der Waals surface area contributed by atoms with Gasteiger partial charge < -0.3 is 0 Å². The second-order valence-corrected chi connectivity index (χ2v) is 14.3. The predicted octanol–water partition coefficient (Wildman–Crippen LogP) is 13.8. The first-order chi connectivity index (χ1) is 28.7. The SMILES string of the molecule is c1ccc(-c2cc(-c3ccc(-c4cc(-c5ccccc5)cc(-c5ccc6ccccc6c5)n4)cc3)cc(-c3nc(-c4ccccc4)nc(-c4ccccc4)n3)c2)cc1. The minimum atomic E-state index is 0.617. The van der Waals surface area contributed by atoms with Crippen LogP contribution in [0.3, 0.4) is 0 Å². The van der Waals surface area contributed by atoms with Crippen molar-refractivity contribution in [1.29, 1.82) is 0 Å². The van der Waals surface area contributed by atoms with Crippen molar-refractivity contribution in [3.8, 4) is 90.1 Å². The maximum absolute atomic E-state index is 5.26. The van der Waals surface area contributed by atoms with Crippen LogP contribution >= 0.6 is 0 Å². The van der Waals surface area contributed by atoms with Crippen LogP contribution in [0.15, 0.2) is 218 Å². The Morgan fingerprint density at radius 3 is 1.09 bits per heavy atom. The molecule has 2 heterocycles. The lowest BCUT2D eigenvalue weighted by Crippen LogP contribution is -2.00. The summed E-state index contributed by atoms with van der Waals surface area (Å²) in [5.74, 6) is 1.88. The van der Waals surface area contributed by atoms with E-state index in [9.17, 15) is 0 Å². The number of hydrogen-bond acceptors (Lipinski definition) is 4. The van der Waals surface area contributed by atoms with E-state index in [0.29, 0.717) is 17.5 Å². The normalized spacial score (nSPS) is 11.1. The predicted molar refractivity (Wildman–Crippen MR) is 239 cm³/mol. The molecule has 0 amide bonds. The van der Waals surface area contributed by atoms with Gasteiger partial charge in [-0.3, -0.25) is 0 Å². The Morgan fingerprint density at radius 2 is 0.552 bits per heavy atom. The van der Waals surface area contributed by atoms with Crippen molar-refractivity contribution in [3.63, 3.8) is 0 Å². The molecule has 0 aliphatic carbocycles. The monoisotopic (exact) mass is 740 g/mol. The molecule has 4 heteroatoms. The third kappa shape index (κ3) is 7.18. The van der Waals surface area contributed by atoms with Gasteiger partial charge in [-0.15, -0.1) is 0 Å². The van der Waals surface area contributed by atoms with Gasteiger partial charge in [-0.1, -0.05) is 182 Å². The number of pyridine rings is 1. The summed E-state index contributed by atoms with van der Waals surface area (Å²) in [5.41, 5.74) is 13.4. The van der Waals surface area contributed by atoms with Crippen molar-refractivity contribution >= 4 is 10.8 Å². The molecule has 0 unspecified atom stereocenters. The van der Waals surface area contributed by atoms with Crippen LogP contribution in [0, 0.1) is 0 Å².